The fourth-order valence-corrected chi connectivity index (χ4v) is 1.83. The average Bonchev–Trinajstić information content (AvgIpc) is 1.64. The van der Waals surface area contributed by atoms with Crippen molar-refractivity contribution in [2.24, 2.45) is 0 Å². The lowest BCUT2D eigenvalue weighted by Crippen LogP contribution is -1.71. The molecule has 8 heavy (non-hydrogen) atoms. The number of halogens is 2. The quantitative estimate of drug-likeness (QED) is 0.642. The van der Waals surface area contributed by atoms with Gasteiger partial charge in [0.2, 0.25) is 0 Å². The van der Waals surface area contributed by atoms with Gasteiger partial charge >= 0.3 is 0 Å². The van der Waals surface area contributed by atoms with Crippen LogP contribution < -0.4 is 0 Å². The lowest BCUT2D eigenvalue weighted by atomic mass is 10.4. The molecule has 0 aromatic heterocycles. The van der Waals surface area contributed by atoms with Crippen LogP contribution in [0.15, 0.2) is 12.1 Å². The van der Waals surface area contributed by atoms with Crippen LogP contribution in [0.5, 0.6) is 0 Å². The van der Waals surface area contributed by atoms with E-state index in [2.05, 4.69) is 57.3 Å². The van der Waals surface area contributed by atoms with Crippen LogP contribution >= 0.6 is 45.2 Å². The Kier molecular flexibility index (Phi) is 2.55. The largest absolute Gasteiger partial charge is 0.0436 e. The Balaban J connectivity index is 3.08. The van der Waals surface area contributed by atoms with Crippen molar-refractivity contribution in [3.8, 4) is 0 Å². The fourth-order valence-electron chi connectivity index (χ4n) is 0.374. The highest BCUT2D eigenvalue weighted by Crippen LogP contribution is 2.07. The third kappa shape index (κ3) is 1.89. The van der Waals surface area contributed by atoms with Crippen LogP contribution in [0.4, 0.5) is 0 Å². The molecule has 1 aromatic carbocycles. The second-order valence-corrected chi connectivity index (χ2v) is 3.60. The molecule has 0 bridgehead atoms. The molecule has 1 rings (SSSR count). The first-order chi connectivity index (χ1) is 3.79. The predicted molar refractivity (Wildman–Crippen MR) is 49.5 cm³/mol. The summed E-state index contributed by atoms with van der Waals surface area (Å²) in [5.41, 5.74) is 0. The minimum atomic E-state index is 1.12. The van der Waals surface area contributed by atoms with Gasteiger partial charge in [0.15, 0.2) is 0 Å². The Morgan fingerprint density at radius 1 is 1.12 bits per heavy atom. The van der Waals surface area contributed by atoms with Gasteiger partial charge in [-0.2, -0.15) is 0 Å². The molecule has 2 radical (unpaired) electrons. The van der Waals surface area contributed by atoms with E-state index in [1.165, 1.54) is 0 Å². The molecule has 0 atom stereocenters. The van der Waals surface area contributed by atoms with Gasteiger partial charge in [0.05, 0.1) is 0 Å². The lowest BCUT2D eigenvalue weighted by molar-refractivity contribution is 1.56. The van der Waals surface area contributed by atoms with Crippen LogP contribution in [0.2, 0.25) is 0 Å². The highest BCUT2D eigenvalue weighted by Gasteiger charge is 1.85. The van der Waals surface area contributed by atoms with Crippen LogP contribution in [-0.2, 0) is 0 Å². The highest BCUT2D eigenvalue weighted by molar-refractivity contribution is 14.1. The molecule has 40 valence electrons. The van der Waals surface area contributed by atoms with Crippen LogP contribution in [0.1, 0.15) is 0 Å². The van der Waals surface area contributed by atoms with Crippen LogP contribution in [0.25, 0.3) is 0 Å². The van der Waals surface area contributed by atoms with E-state index in [0.717, 1.165) is 7.14 Å². The summed E-state index contributed by atoms with van der Waals surface area (Å²) >= 11 is 4.43. The van der Waals surface area contributed by atoms with Gasteiger partial charge in [-0.05, 0) is 63.4 Å². The molecule has 1 aromatic rings. The van der Waals surface area contributed by atoms with Crippen molar-refractivity contribution in [3.63, 3.8) is 0 Å². The molecular weight excluding hydrogens is 326 g/mol. The molecule has 0 saturated heterocycles. The van der Waals surface area contributed by atoms with Crippen molar-refractivity contribution >= 4 is 45.2 Å². The first-order valence-corrected chi connectivity index (χ1v) is 4.19. The van der Waals surface area contributed by atoms with Gasteiger partial charge in [-0.3, -0.25) is 0 Å². The fraction of sp³-hybridized carbons (Fsp3) is 0. The van der Waals surface area contributed by atoms with E-state index in [0.29, 0.717) is 0 Å². The number of rotatable bonds is 0. The zero-order chi connectivity index (χ0) is 5.98. The summed E-state index contributed by atoms with van der Waals surface area (Å²) in [6, 6.07) is 9.91. The summed E-state index contributed by atoms with van der Waals surface area (Å²) < 4.78 is 2.24. The van der Waals surface area contributed by atoms with Gasteiger partial charge in [0.25, 0.3) is 0 Å². The van der Waals surface area contributed by atoms with Gasteiger partial charge < -0.3 is 0 Å². The van der Waals surface area contributed by atoms with Gasteiger partial charge in [0.1, 0.15) is 0 Å². The molecule has 0 aliphatic heterocycles. The Hall–Kier alpha value is 0.680. The summed E-state index contributed by atoms with van der Waals surface area (Å²) in [4.78, 5) is 0. The maximum absolute atomic E-state index is 3.11. The molecule has 0 aliphatic carbocycles. The van der Waals surface area contributed by atoms with E-state index in [9.17, 15) is 0 Å². The van der Waals surface area contributed by atoms with E-state index in [-0.39, 0.29) is 0 Å². The minimum absolute atomic E-state index is 1.12. The number of benzene rings is 1. The monoisotopic (exact) mass is 328 g/mol. The van der Waals surface area contributed by atoms with Crippen molar-refractivity contribution in [3.05, 3.63) is 31.4 Å². The molecule has 0 amide bonds. The maximum Gasteiger partial charge on any atom is 0.0226 e. The molecule has 0 unspecified atom stereocenters. The molecule has 0 spiro atoms. The normalized spacial score (nSPS) is 9.25. The maximum atomic E-state index is 3.11. The van der Waals surface area contributed by atoms with E-state index in [4.69, 9.17) is 0 Å². The molecule has 0 nitrogen and oxygen atoms in total. The first-order valence-electron chi connectivity index (χ1n) is 2.03. The molecule has 0 aliphatic rings. The second-order valence-electron chi connectivity index (χ2n) is 1.28. The molecule has 0 N–H and O–H groups in total. The second kappa shape index (κ2) is 3.00. The Morgan fingerprint density at radius 2 is 1.62 bits per heavy atom. The molecular formula is C6H2I2. The lowest BCUT2D eigenvalue weighted by Gasteiger charge is -1.85. The molecule has 0 heterocycles. The van der Waals surface area contributed by atoms with Crippen molar-refractivity contribution in [1.29, 1.82) is 0 Å². The molecule has 2 heteroatoms. The summed E-state index contributed by atoms with van der Waals surface area (Å²) in [7, 11) is 0. The summed E-state index contributed by atoms with van der Waals surface area (Å²) in [6.07, 6.45) is 0. The van der Waals surface area contributed by atoms with Crippen LogP contribution in [0.3, 0.4) is 0 Å². The molecule has 0 fully saturated rings. The van der Waals surface area contributed by atoms with Crippen molar-refractivity contribution in [1.82, 2.24) is 0 Å². The average molecular weight is 328 g/mol. The van der Waals surface area contributed by atoms with Crippen molar-refractivity contribution in [2.75, 3.05) is 0 Å². The van der Waals surface area contributed by atoms with Crippen LogP contribution in [-0.4, -0.2) is 0 Å². The van der Waals surface area contributed by atoms with E-state index in [1.807, 2.05) is 12.1 Å². The standard InChI is InChI=1S/C6H2I2/c7-5-2-1-3-6(8)4-5/h2-3H. The van der Waals surface area contributed by atoms with Gasteiger partial charge in [0, 0.05) is 13.2 Å². The SMILES string of the molecule is Ic1[c]c(I)c[c]c1. The van der Waals surface area contributed by atoms with E-state index < -0.39 is 0 Å². The smallest absolute Gasteiger partial charge is 0.0226 e. The Labute approximate surface area is 76.0 Å². The van der Waals surface area contributed by atoms with Gasteiger partial charge in [-0.25, -0.2) is 0 Å². The summed E-state index contributed by atoms with van der Waals surface area (Å²) in [6.45, 7) is 0. The van der Waals surface area contributed by atoms with E-state index in [1.54, 1.807) is 0 Å². The summed E-state index contributed by atoms with van der Waals surface area (Å²) in [5.74, 6) is 0. The Bertz CT molecular complexity index is 166. The third-order valence-corrected chi connectivity index (χ3v) is 1.82. The van der Waals surface area contributed by atoms with Gasteiger partial charge in [-0.15, -0.1) is 0 Å². The number of hydrogen-bond acceptors (Lipinski definition) is 0. The predicted octanol–water partition coefficient (Wildman–Crippen LogP) is 2.50. The molecule has 0 saturated carbocycles. The van der Waals surface area contributed by atoms with Crippen molar-refractivity contribution in [2.45, 2.75) is 0 Å². The third-order valence-electron chi connectivity index (χ3n) is 0.659. The summed E-state index contributed by atoms with van der Waals surface area (Å²) in [5, 5.41) is 0. The van der Waals surface area contributed by atoms with E-state index >= 15 is 0 Å². The minimum Gasteiger partial charge on any atom is -0.0436 e. The topological polar surface area (TPSA) is 0 Å². The Morgan fingerprint density at radius 3 is 1.88 bits per heavy atom. The zero-order valence-corrected chi connectivity index (χ0v) is 8.23. The number of hydrogen-bond donors (Lipinski definition) is 0. The highest BCUT2D eigenvalue weighted by atomic mass is 127. The van der Waals surface area contributed by atoms with Crippen LogP contribution in [0, 0.1) is 19.3 Å². The van der Waals surface area contributed by atoms with Gasteiger partial charge in [-0.1, -0.05) is 0 Å². The zero-order valence-electron chi connectivity index (χ0n) is 3.91. The first kappa shape index (κ1) is 6.80. The van der Waals surface area contributed by atoms with Crippen molar-refractivity contribution < 1.29 is 0 Å².